The molecule has 9 heteroatoms. The van der Waals surface area contributed by atoms with Crippen molar-refractivity contribution in [3.05, 3.63) is 65.9 Å². The van der Waals surface area contributed by atoms with E-state index >= 15 is 0 Å². The van der Waals surface area contributed by atoms with Gasteiger partial charge in [0.1, 0.15) is 30.1 Å². The maximum absolute atomic E-state index is 10.6. The summed E-state index contributed by atoms with van der Waals surface area (Å²) in [5.74, 6) is 1.40. The van der Waals surface area contributed by atoms with Crippen molar-refractivity contribution in [2.24, 2.45) is 4.99 Å². The zero-order valence-electron chi connectivity index (χ0n) is 18.8. The summed E-state index contributed by atoms with van der Waals surface area (Å²) in [5.41, 5.74) is 7.43. The molecule has 0 saturated carbocycles. The summed E-state index contributed by atoms with van der Waals surface area (Å²) in [6.07, 6.45) is 0.260. The lowest BCUT2D eigenvalue weighted by molar-refractivity contribution is -0.0308. The van der Waals surface area contributed by atoms with Gasteiger partial charge < -0.3 is 24.3 Å². The maximum atomic E-state index is 10.6. The predicted molar refractivity (Wildman–Crippen MR) is 126 cm³/mol. The lowest BCUT2D eigenvalue weighted by Gasteiger charge is -2.26. The van der Waals surface area contributed by atoms with Crippen LogP contribution in [0, 0.1) is 11.3 Å². The van der Waals surface area contributed by atoms with E-state index < -0.39 is 24.5 Å². The summed E-state index contributed by atoms with van der Waals surface area (Å²) >= 11 is 0. The fourth-order valence-electron chi connectivity index (χ4n) is 4.35. The second-order valence-corrected chi connectivity index (χ2v) is 8.37. The van der Waals surface area contributed by atoms with Crippen molar-refractivity contribution in [1.29, 1.82) is 5.26 Å². The topological polar surface area (TPSA) is 115 Å². The molecule has 1 aromatic heterocycles. The van der Waals surface area contributed by atoms with Crippen LogP contribution in [0.1, 0.15) is 24.3 Å². The minimum Gasteiger partial charge on any atom is -0.497 e. The number of hydrazine groups is 1. The van der Waals surface area contributed by atoms with Crippen molar-refractivity contribution in [2.45, 2.75) is 38.0 Å². The van der Waals surface area contributed by atoms with Crippen LogP contribution in [-0.2, 0) is 11.3 Å². The molecule has 0 amide bonds. The Bertz CT molecular complexity index is 1260. The molecule has 1 fully saturated rings. The number of nitrogens with one attached hydrogen (secondary N) is 1. The first kappa shape index (κ1) is 22.0. The number of aliphatic hydroxyl groups is 2. The van der Waals surface area contributed by atoms with E-state index in [-0.39, 0.29) is 0 Å². The van der Waals surface area contributed by atoms with Gasteiger partial charge in [-0.25, -0.2) is 4.99 Å². The fourth-order valence-corrected chi connectivity index (χ4v) is 4.35. The molecular formula is C25H25N5O4. The Kier molecular flexibility index (Phi) is 5.71. The molecular weight excluding hydrogens is 434 g/mol. The monoisotopic (exact) mass is 459 g/mol. The van der Waals surface area contributed by atoms with Crippen LogP contribution >= 0.6 is 0 Å². The molecule has 2 aromatic carbocycles. The number of rotatable bonds is 5. The minimum absolute atomic E-state index is 0.477. The smallest absolute Gasteiger partial charge is 0.164 e. The van der Waals surface area contributed by atoms with E-state index in [0.29, 0.717) is 17.9 Å². The minimum atomic E-state index is -1.07. The Labute approximate surface area is 197 Å². The number of ether oxygens (including phenoxy) is 2. The molecule has 174 valence electrons. The molecule has 0 aliphatic carbocycles. The van der Waals surface area contributed by atoms with E-state index in [1.54, 1.807) is 37.1 Å². The largest absolute Gasteiger partial charge is 0.497 e. The van der Waals surface area contributed by atoms with Crippen LogP contribution in [0.4, 0.5) is 11.5 Å². The Balaban J connectivity index is 1.52. The molecule has 1 saturated heterocycles. The van der Waals surface area contributed by atoms with Crippen LogP contribution in [-0.4, -0.2) is 51.5 Å². The van der Waals surface area contributed by atoms with Crippen LogP contribution in [0.25, 0.3) is 11.1 Å². The van der Waals surface area contributed by atoms with Crippen LogP contribution in [0.2, 0.25) is 0 Å². The molecule has 3 heterocycles. The van der Waals surface area contributed by atoms with Crippen molar-refractivity contribution in [1.82, 2.24) is 9.58 Å². The molecule has 0 bridgehead atoms. The quantitative estimate of drug-likeness (QED) is 0.537. The first-order chi connectivity index (χ1) is 16.5. The number of methoxy groups -OCH3 is 1. The Morgan fingerprint density at radius 3 is 2.65 bits per heavy atom. The highest BCUT2D eigenvalue weighted by molar-refractivity contribution is 5.78. The molecule has 0 unspecified atom stereocenters. The number of fused-ring (bicyclic) bond motifs is 1. The highest BCUT2D eigenvalue weighted by Gasteiger charge is 2.42. The molecule has 4 atom stereocenters. The fraction of sp³-hybridized carbons (Fsp3) is 0.280. The van der Waals surface area contributed by atoms with Gasteiger partial charge in [0, 0.05) is 17.3 Å². The molecule has 3 aromatic rings. The highest BCUT2D eigenvalue weighted by Crippen LogP contribution is 2.41. The number of benzene rings is 2. The average molecular weight is 460 g/mol. The summed E-state index contributed by atoms with van der Waals surface area (Å²) < 4.78 is 13.0. The number of nitriles is 1. The maximum Gasteiger partial charge on any atom is 0.164 e. The van der Waals surface area contributed by atoms with Crippen LogP contribution in [0.5, 0.6) is 5.75 Å². The summed E-state index contributed by atoms with van der Waals surface area (Å²) in [6.45, 7) is 2.21. The van der Waals surface area contributed by atoms with Crippen molar-refractivity contribution < 1.29 is 19.7 Å². The number of aromatic nitrogens is 1. The van der Waals surface area contributed by atoms with E-state index in [9.17, 15) is 15.5 Å². The lowest BCUT2D eigenvalue weighted by atomic mass is 10.0. The van der Waals surface area contributed by atoms with Gasteiger partial charge in [-0.05, 0) is 42.8 Å². The number of aliphatic hydroxyl groups excluding tert-OH is 2. The molecule has 3 N–H and O–H groups in total. The second-order valence-electron chi connectivity index (χ2n) is 8.37. The Morgan fingerprint density at radius 2 is 1.97 bits per heavy atom. The zero-order valence-corrected chi connectivity index (χ0v) is 18.8. The van der Waals surface area contributed by atoms with E-state index in [4.69, 9.17) is 9.47 Å². The van der Waals surface area contributed by atoms with E-state index in [0.717, 1.165) is 28.1 Å². The highest BCUT2D eigenvalue weighted by atomic mass is 16.6. The average Bonchev–Trinajstić information content (AvgIpc) is 3.36. The molecule has 0 spiro atoms. The van der Waals surface area contributed by atoms with Crippen molar-refractivity contribution in [2.75, 3.05) is 12.5 Å². The third-order valence-electron chi connectivity index (χ3n) is 6.17. The van der Waals surface area contributed by atoms with Crippen LogP contribution in [0.3, 0.4) is 0 Å². The molecule has 0 radical (unpaired) electrons. The first-order valence-corrected chi connectivity index (χ1v) is 11.0. The van der Waals surface area contributed by atoms with Gasteiger partial charge in [-0.3, -0.25) is 10.4 Å². The summed E-state index contributed by atoms with van der Waals surface area (Å²) in [5, 5.41) is 31.9. The number of anilines is 1. The SMILES string of the molecule is COc1ccc(-c2cn([C@@H]3O[C@H](C)[C@@H](O)[C@H]3O)c3c2CN(Nc2cccc(C#N)c2)C=N3)cc1. The molecule has 5 rings (SSSR count). The Morgan fingerprint density at radius 1 is 1.18 bits per heavy atom. The summed E-state index contributed by atoms with van der Waals surface area (Å²) in [6, 6.07) is 17.1. The summed E-state index contributed by atoms with van der Waals surface area (Å²) in [4.78, 5) is 4.66. The third-order valence-corrected chi connectivity index (χ3v) is 6.17. The van der Waals surface area contributed by atoms with Gasteiger partial charge in [0.25, 0.3) is 0 Å². The van der Waals surface area contributed by atoms with E-state index in [1.165, 1.54) is 0 Å². The molecule has 9 nitrogen and oxygen atoms in total. The first-order valence-electron chi connectivity index (χ1n) is 11.0. The number of aliphatic imine (C=N–C) groups is 1. The lowest BCUT2D eigenvalue weighted by Crippen LogP contribution is -2.31. The second kappa shape index (κ2) is 8.83. The van der Waals surface area contributed by atoms with Crippen molar-refractivity contribution in [3.8, 4) is 22.9 Å². The van der Waals surface area contributed by atoms with E-state index in [2.05, 4.69) is 16.5 Å². The zero-order chi connectivity index (χ0) is 23.8. The normalized spacial score (nSPS) is 23.4. The van der Waals surface area contributed by atoms with Gasteiger partial charge in [0.05, 0.1) is 37.1 Å². The van der Waals surface area contributed by atoms with Crippen molar-refractivity contribution >= 4 is 17.8 Å². The van der Waals surface area contributed by atoms with Gasteiger partial charge in [-0.15, -0.1) is 0 Å². The van der Waals surface area contributed by atoms with Gasteiger partial charge in [-0.2, -0.15) is 5.26 Å². The number of hydrogen-bond acceptors (Lipinski definition) is 8. The number of nitrogens with zero attached hydrogens (tertiary/aromatic N) is 4. The number of hydrogen-bond donors (Lipinski definition) is 3. The van der Waals surface area contributed by atoms with Crippen LogP contribution in [0.15, 0.2) is 59.7 Å². The summed E-state index contributed by atoms with van der Waals surface area (Å²) in [7, 11) is 1.62. The van der Waals surface area contributed by atoms with Gasteiger partial charge in [-0.1, -0.05) is 18.2 Å². The third kappa shape index (κ3) is 3.88. The molecule has 2 aliphatic heterocycles. The van der Waals surface area contributed by atoms with Gasteiger partial charge in [0.15, 0.2) is 6.23 Å². The van der Waals surface area contributed by atoms with E-state index in [1.807, 2.05) is 47.6 Å². The predicted octanol–water partition coefficient (Wildman–Crippen LogP) is 3.18. The van der Waals surface area contributed by atoms with Crippen molar-refractivity contribution in [3.63, 3.8) is 0 Å². The molecule has 2 aliphatic rings. The standard InChI is InChI=1S/C25H25N5O4/c1-15-22(31)23(32)25(34-15)30-13-20(17-6-8-19(33-2)9-7-17)21-12-29(14-27-24(21)30)28-18-5-3-4-16(10-18)11-26/h3-10,13-15,22-23,25,28,31-32H,12H2,1-2H3/t15-,22-,23-,25-/m1/s1. The van der Waals surface area contributed by atoms with Crippen LogP contribution < -0.4 is 10.2 Å². The molecule has 34 heavy (non-hydrogen) atoms. The van der Waals surface area contributed by atoms with Gasteiger partial charge >= 0.3 is 0 Å². The van der Waals surface area contributed by atoms with Gasteiger partial charge in [0.2, 0.25) is 0 Å². The Hall–Kier alpha value is -3.84.